The quantitative estimate of drug-likeness (QED) is 0.305. The molecule has 1 rings (SSSR count). The number of aromatic nitrogens is 1. The van der Waals surface area contributed by atoms with E-state index in [4.69, 9.17) is 0 Å². The van der Waals surface area contributed by atoms with E-state index in [0.29, 0.717) is 0 Å². The molecule has 21 heavy (non-hydrogen) atoms. The smallest absolute Gasteiger partial charge is 0.207 e. The standard InChI is InChI=1S/C18H31FIN/c1-5-7-9-11-13-18(3,12-10-8-6-2)15-14-21(4)17(19)16(15)20/h14H,5-13H2,1-4H3. The fourth-order valence-corrected chi connectivity index (χ4v) is 4.27. The Bertz CT molecular complexity index is 427. The van der Waals surface area contributed by atoms with Crippen molar-refractivity contribution in [1.29, 1.82) is 0 Å². The van der Waals surface area contributed by atoms with E-state index < -0.39 is 0 Å². The zero-order valence-electron chi connectivity index (χ0n) is 14.1. The minimum Gasteiger partial charge on any atom is -0.327 e. The summed E-state index contributed by atoms with van der Waals surface area (Å²) in [6.45, 7) is 6.83. The Balaban J connectivity index is 2.86. The summed E-state index contributed by atoms with van der Waals surface area (Å²) in [5.74, 6) is -0.0825. The van der Waals surface area contributed by atoms with Crippen molar-refractivity contribution >= 4 is 22.6 Å². The minimum atomic E-state index is -0.0825. The molecule has 0 amide bonds. The van der Waals surface area contributed by atoms with Gasteiger partial charge in [0.2, 0.25) is 5.95 Å². The number of nitrogens with zero attached hydrogens (tertiary/aromatic N) is 1. The lowest BCUT2D eigenvalue weighted by molar-refractivity contribution is 0.364. The van der Waals surface area contributed by atoms with Crippen LogP contribution >= 0.6 is 22.6 Å². The Morgan fingerprint density at radius 1 is 1.05 bits per heavy atom. The second-order valence-corrected chi connectivity index (χ2v) is 7.67. The maximum atomic E-state index is 14.1. The molecule has 1 unspecified atom stereocenters. The normalized spacial score (nSPS) is 14.4. The third-order valence-corrected chi connectivity index (χ3v) is 5.64. The molecule has 122 valence electrons. The Hall–Kier alpha value is -0.0600. The van der Waals surface area contributed by atoms with Gasteiger partial charge in [0.15, 0.2) is 0 Å². The van der Waals surface area contributed by atoms with Crippen molar-refractivity contribution < 1.29 is 4.39 Å². The Morgan fingerprint density at radius 3 is 2.05 bits per heavy atom. The third-order valence-electron chi connectivity index (χ3n) is 4.61. The van der Waals surface area contributed by atoms with Crippen LogP contribution < -0.4 is 0 Å². The SMILES string of the molecule is CCCCCCC(C)(CCCCC)c1cn(C)c(F)c1I. The van der Waals surface area contributed by atoms with Crippen molar-refractivity contribution in [3.05, 3.63) is 21.3 Å². The van der Waals surface area contributed by atoms with Gasteiger partial charge in [-0.15, -0.1) is 0 Å². The van der Waals surface area contributed by atoms with Crippen LogP contribution in [0.15, 0.2) is 6.20 Å². The number of halogens is 2. The fourth-order valence-electron chi connectivity index (χ4n) is 3.10. The molecule has 0 aliphatic carbocycles. The molecule has 0 spiro atoms. The molecule has 0 radical (unpaired) electrons. The topological polar surface area (TPSA) is 4.93 Å². The molecule has 1 atom stereocenters. The van der Waals surface area contributed by atoms with Crippen LogP contribution in [0, 0.1) is 9.52 Å². The first-order valence-corrected chi connectivity index (χ1v) is 9.55. The monoisotopic (exact) mass is 407 g/mol. The maximum absolute atomic E-state index is 14.1. The Labute approximate surface area is 143 Å². The molecule has 1 aromatic heterocycles. The van der Waals surface area contributed by atoms with E-state index in [1.165, 1.54) is 63.4 Å². The second-order valence-electron chi connectivity index (χ2n) is 6.59. The Kier molecular flexibility index (Phi) is 8.28. The summed E-state index contributed by atoms with van der Waals surface area (Å²) in [6.07, 6.45) is 13.3. The molecule has 0 aliphatic heterocycles. The van der Waals surface area contributed by atoms with Gasteiger partial charge in [-0.25, -0.2) is 0 Å². The van der Waals surface area contributed by atoms with Gasteiger partial charge in [-0.2, -0.15) is 4.39 Å². The van der Waals surface area contributed by atoms with Gasteiger partial charge in [0.05, 0.1) is 3.57 Å². The molecule has 0 N–H and O–H groups in total. The number of rotatable bonds is 10. The van der Waals surface area contributed by atoms with E-state index in [-0.39, 0.29) is 11.4 Å². The molecule has 1 heterocycles. The predicted octanol–water partition coefficient (Wildman–Crippen LogP) is 6.58. The van der Waals surface area contributed by atoms with Crippen LogP contribution in [-0.4, -0.2) is 4.57 Å². The van der Waals surface area contributed by atoms with Gasteiger partial charge in [-0.05, 0) is 46.4 Å². The number of hydrogen-bond donors (Lipinski definition) is 0. The van der Waals surface area contributed by atoms with Gasteiger partial charge < -0.3 is 4.57 Å². The summed E-state index contributed by atoms with van der Waals surface area (Å²) in [5, 5.41) is 0. The van der Waals surface area contributed by atoms with Gasteiger partial charge in [0.1, 0.15) is 0 Å². The summed E-state index contributed by atoms with van der Waals surface area (Å²) < 4.78 is 16.5. The van der Waals surface area contributed by atoms with E-state index in [9.17, 15) is 4.39 Å². The average Bonchev–Trinajstić information content (AvgIpc) is 2.72. The molecular weight excluding hydrogens is 376 g/mol. The molecular formula is C18H31FIN. The maximum Gasteiger partial charge on any atom is 0.207 e. The van der Waals surface area contributed by atoms with Gasteiger partial charge in [-0.1, -0.05) is 65.7 Å². The van der Waals surface area contributed by atoms with E-state index in [1.807, 2.05) is 13.2 Å². The van der Waals surface area contributed by atoms with Crippen LogP contribution in [0.25, 0.3) is 0 Å². The van der Waals surface area contributed by atoms with E-state index in [2.05, 4.69) is 43.4 Å². The van der Waals surface area contributed by atoms with E-state index in [1.54, 1.807) is 4.57 Å². The van der Waals surface area contributed by atoms with Crippen LogP contribution in [0.4, 0.5) is 4.39 Å². The Morgan fingerprint density at radius 2 is 1.57 bits per heavy atom. The van der Waals surface area contributed by atoms with Gasteiger partial charge >= 0.3 is 0 Å². The minimum absolute atomic E-state index is 0.0825. The van der Waals surface area contributed by atoms with E-state index in [0.717, 1.165) is 3.57 Å². The predicted molar refractivity (Wildman–Crippen MR) is 98.3 cm³/mol. The first-order valence-electron chi connectivity index (χ1n) is 8.47. The van der Waals surface area contributed by atoms with Crippen LogP contribution in [0.3, 0.4) is 0 Å². The zero-order valence-corrected chi connectivity index (χ0v) is 16.3. The summed E-state index contributed by atoms with van der Waals surface area (Å²) in [7, 11) is 1.81. The molecule has 0 saturated carbocycles. The van der Waals surface area contributed by atoms with Crippen LogP contribution in [0.2, 0.25) is 0 Å². The lowest BCUT2D eigenvalue weighted by Gasteiger charge is -2.30. The molecule has 0 fully saturated rings. The molecule has 0 bridgehead atoms. The summed E-state index contributed by atoms with van der Waals surface area (Å²) >= 11 is 2.18. The summed E-state index contributed by atoms with van der Waals surface area (Å²) in [4.78, 5) is 0. The van der Waals surface area contributed by atoms with Crippen molar-refractivity contribution in [2.45, 2.75) is 84.0 Å². The average molecular weight is 407 g/mol. The lowest BCUT2D eigenvalue weighted by atomic mass is 9.75. The van der Waals surface area contributed by atoms with Gasteiger partial charge in [-0.3, -0.25) is 0 Å². The first kappa shape index (κ1) is 19.0. The van der Waals surface area contributed by atoms with Crippen LogP contribution in [-0.2, 0) is 12.5 Å². The van der Waals surface area contributed by atoms with Crippen molar-refractivity contribution in [2.75, 3.05) is 0 Å². The molecule has 0 aromatic carbocycles. The lowest BCUT2D eigenvalue weighted by Crippen LogP contribution is -2.22. The highest BCUT2D eigenvalue weighted by Gasteiger charge is 2.30. The van der Waals surface area contributed by atoms with Crippen molar-refractivity contribution in [2.24, 2.45) is 7.05 Å². The zero-order chi connectivity index (χ0) is 15.9. The molecule has 1 aromatic rings. The highest BCUT2D eigenvalue weighted by atomic mass is 127. The first-order chi connectivity index (χ1) is 9.96. The second kappa shape index (κ2) is 9.16. The summed E-state index contributed by atoms with van der Waals surface area (Å²) in [5.41, 5.74) is 1.34. The number of aryl methyl sites for hydroxylation is 1. The highest BCUT2D eigenvalue weighted by molar-refractivity contribution is 14.1. The third kappa shape index (κ3) is 5.26. The van der Waals surface area contributed by atoms with Crippen molar-refractivity contribution in [3.63, 3.8) is 0 Å². The molecule has 3 heteroatoms. The van der Waals surface area contributed by atoms with Crippen LogP contribution in [0.1, 0.15) is 84.1 Å². The number of unbranched alkanes of at least 4 members (excludes halogenated alkanes) is 5. The fraction of sp³-hybridized carbons (Fsp3) is 0.778. The van der Waals surface area contributed by atoms with Gasteiger partial charge in [0, 0.05) is 13.2 Å². The molecule has 0 saturated heterocycles. The van der Waals surface area contributed by atoms with Crippen LogP contribution in [0.5, 0.6) is 0 Å². The van der Waals surface area contributed by atoms with Gasteiger partial charge in [0.25, 0.3) is 0 Å². The van der Waals surface area contributed by atoms with Crippen molar-refractivity contribution in [3.8, 4) is 0 Å². The highest BCUT2D eigenvalue weighted by Crippen LogP contribution is 2.39. The van der Waals surface area contributed by atoms with E-state index >= 15 is 0 Å². The van der Waals surface area contributed by atoms with Crippen molar-refractivity contribution in [1.82, 2.24) is 4.57 Å². The largest absolute Gasteiger partial charge is 0.327 e. The summed E-state index contributed by atoms with van der Waals surface area (Å²) in [6, 6.07) is 0. The molecule has 1 nitrogen and oxygen atoms in total. The number of hydrogen-bond acceptors (Lipinski definition) is 0. The molecule has 0 aliphatic rings.